The van der Waals surface area contributed by atoms with E-state index in [-0.39, 0.29) is 12.3 Å². The van der Waals surface area contributed by atoms with Gasteiger partial charge < -0.3 is 14.6 Å². The zero-order valence-electron chi connectivity index (χ0n) is 14.9. The molecule has 0 radical (unpaired) electrons. The molecular weight excluding hydrogens is 314 g/mol. The Labute approximate surface area is 148 Å². The molecule has 2 heterocycles. The maximum atomic E-state index is 11.3. The molecule has 0 bridgehead atoms. The number of rotatable bonds is 5. The molecule has 5 heteroatoms. The molecule has 2 aliphatic rings. The SMILES string of the molecule is Cn1c(CC2CN(C3CCC3)CCC2CC(=O)O)nc2ccccc21. The molecule has 2 fully saturated rings. The van der Waals surface area contributed by atoms with Crippen molar-refractivity contribution in [2.24, 2.45) is 18.9 Å². The van der Waals surface area contributed by atoms with E-state index < -0.39 is 5.97 Å². The number of imidazole rings is 1. The van der Waals surface area contributed by atoms with E-state index in [1.165, 1.54) is 19.3 Å². The number of benzene rings is 1. The number of carboxylic acid groups (broad SMARTS) is 1. The van der Waals surface area contributed by atoms with Gasteiger partial charge in [0, 0.05) is 32.5 Å². The second-order valence-corrected chi connectivity index (χ2v) is 7.77. The molecule has 0 spiro atoms. The molecule has 1 saturated heterocycles. The largest absolute Gasteiger partial charge is 0.481 e. The molecular formula is C20H27N3O2. The highest BCUT2D eigenvalue weighted by Gasteiger charge is 2.36. The van der Waals surface area contributed by atoms with Crippen LogP contribution in [0.25, 0.3) is 11.0 Å². The molecule has 1 aliphatic heterocycles. The highest BCUT2D eigenvalue weighted by atomic mass is 16.4. The molecule has 1 aliphatic carbocycles. The van der Waals surface area contributed by atoms with Crippen LogP contribution < -0.4 is 0 Å². The van der Waals surface area contributed by atoms with Gasteiger partial charge in [0.25, 0.3) is 0 Å². The highest BCUT2D eigenvalue weighted by molar-refractivity contribution is 5.75. The molecule has 1 saturated carbocycles. The number of para-hydroxylation sites is 2. The van der Waals surface area contributed by atoms with Crippen LogP contribution in [0.3, 0.4) is 0 Å². The maximum absolute atomic E-state index is 11.3. The van der Waals surface area contributed by atoms with Crippen molar-refractivity contribution in [2.45, 2.75) is 44.6 Å². The van der Waals surface area contributed by atoms with Crippen LogP contribution in [-0.2, 0) is 18.3 Å². The van der Waals surface area contributed by atoms with Gasteiger partial charge in [-0.2, -0.15) is 0 Å². The average molecular weight is 341 g/mol. The molecule has 4 rings (SSSR count). The molecule has 2 atom stereocenters. The highest BCUT2D eigenvalue weighted by Crippen LogP contribution is 2.34. The molecule has 2 unspecified atom stereocenters. The van der Waals surface area contributed by atoms with Gasteiger partial charge in [-0.25, -0.2) is 4.98 Å². The molecule has 1 aromatic heterocycles. The Bertz CT molecular complexity index is 765. The fourth-order valence-corrected chi connectivity index (χ4v) is 4.53. The fraction of sp³-hybridized carbons (Fsp3) is 0.600. The molecule has 1 N–H and O–H groups in total. The smallest absolute Gasteiger partial charge is 0.303 e. The zero-order chi connectivity index (χ0) is 17.4. The van der Waals surface area contributed by atoms with Gasteiger partial charge in [-0.15, -0.1) is 0 Å². The van der Waals surface area contributed by atoms with Crippen molar-refractivity contribution in [2.75, 3.05) is 13.1 Å². The summed E-state index contributed by atoms with van der Waals surface area (Å²) in [4.78, 5) is 18.7. The van der Waals surface area contributed by atoms with E-state index in [0.717, 1.165) is 48.8 Å². The third-order valence-corrected chi connectivity index (χ3v) is 6.28. The minimum Gasteiger partial charge on any atom is -0.481 e. The van der Waals surface area contributed by atoms with E-state index in [9.17, 15) is 9.90 Å². The van der Waals surface area contributed by atoms with Crippen LogP contribution in [-0.4, -0.2) is 44.7 Å². The Morgan fingerprint density at radius 3 is 2.72 bits per heavy atom. The van der Waals surface area contributed by atoms with Gasteiger partial charge in [-0.05, 0) is 49.8 Å². The van der Waals surface area contributed by atoms with Crippen molar-refractivity contribution in [3.05, 3.63) is 30.1 Å². The van der Waals surface area contributed by atoms with Crippen LogP contribution >= 0.6 is 0 Å². The van der Waals surface area contributed by atoms with Crippen molar-refractivity contribution in [1.29, 1.82) is 0 Å². The predicted molar refractivity (Wildman–Crippen MR) is 97.5 cm³/mol. The van der Waals surface area contributed by atoms with Crippen LogP contribution in [0.5, 0.6) is 0 Å². The van der Waals surface area contributed by atoms with Crippen molar-refractivity contribution >= 4 is 17.0 Å². The molecule has 5 nitrogen and oxygen atoms in total. The lowest BCUT2D eigenvalue weighted by molar-refractivity contribution is -0.139. The summed E-state index contributed by atoms with van der Waals surface area (Å²) in [6.45, 7) is 2.08. The summed E-state index contributed by atoms with van der Waals surface area (Å²) in [7, 11) is 2.07. The van der Waals surface area contributed by atoms with Gasteiger partial charge in [-0.1, -0.05) is 18.6 Å². The van der Waals surface area contributed by atoms with E-state index in [0.29, 0.717) is 5.92 Å². The number of hydrogen-bond donors (Lipinski definition) is 1. The molecule has 2 aromatic rings. The number of aromatic nitrogens is 2. The van der Waals surface area contributed by atoms with Gasteiger partial charge >= 0.3 is 5.97 Å². The van der Waals surface area contributed by atoms with Crippen molar-refractivity contribution in [3.8, 4) is 0 Å². The summed E-state index contributed by atoms with van der Waals surface area (Å²) in [6.07, 6.45) is 6.11. The number of fused-ring (bicyclic) bond motifs is 1. The Morgan fingerprint density at radius 2 is 2.04 bits per heavy atom. The first-order valence-corrected chi connectivity index (χ1v) is 9.48. The van der Waals surface area contributed by atoms with Crippen LogP contribution in [0.15, 0.2) is 24.3 Å². The number of likely N-dealkylation sites (tertiary alicyclic amines) is 1. The van der Waals surface area contributed by atoms with E-state index in [4.69, 9.17) is 4.98 Å². The third-order valence-electron chi connectivity index (χ3n) is 6.28. The van der Waals surface area contributed by atoms with Crippen molar-refractivity contribution in [3.63, 3.8) is 0 Å². The quantitative estimate of drug-likeness (QED) is 0.908. The second-order valence-electron chi connectivity index (χ2n) is 7.77. The number of hydrogen-bond acceptors (Lipinski definition) is 3. The fourth-order valence-electron chi connectivity index (χ4n) is 4.53. The van der Waals surface area contributed by atoms with Crippen molar-refractivity contribution < 1.29 is 9.90 Å². The lowest BCUT2D eigenvalue weighted by Gasteiger charge is -2.45. The average Bonchev–Trinajstić information content (AvgIpc) is 2.84. The first-order valence-electron chi connectivity index (χ1n) is 9.48. The zero-order valence-corrected chi connectivity index (χ0v) is 14.9. The minimum absolute atomic E-state index is 0.258. The first-order chi connectivity index (χ1) is 12.1. The van der Waals surface area contributed by atoms with E-state index in [1.807, 2.05) is 12.1 Å². The van der Waals surface area contributed by atoms with Crippen molar-refractivity contribution in [1.82, 2.24) is 14.5 Å². The molecule has 1 aromatic carbocycles. The van der Waals surface area contributed by atoms with E-state index in [2.05, 4.69) is 28.6 Å². The summed E-state index contributed by atoms with van der Waals surface area (Å²) in [5.74, 6) is 1.05. The predicted octanol–water partition coefficient (Wildman–Crippen LogP) is 3.08. The monoisotopic (exact) mass is 341 g/mol. The first kappa shape index (κ1) is 16.6. The number of carboxylic acids is 1. The van der Waals surface area contributed by atoms with Crippen LogP contribution in [0.2, 0.25) is 0 Å². The van der Waals surface area contributed by atoms with Gasteiger partial charge in [0.1, 0.15) is 5.82 Å². The standard InChI is InChI=1S/C20H27N3O2/c1-22-18-8-3-2-7-17(18)21-19(22)11-15-13-23(16-5-4-6-16)10-9-14(15)12-20(24)25/h2-3,7-8,14-16H,4-6,9-13H2,1H3,(H,24,25). The Balaban J connectivity index is 1.56. The minimum atomic E-state index is -0.669. The summed E-state index contributed by atoms with van der Waals surface area (Å²) in [5, 5.41) is 9.32. The number of nitrogens with zero attached hydrogens (tertiary/aromatic N) is 3. The summed E-state index contributed by atoms with van der Waals surface area (Å²) < 4.78 is 2.18. The van der Waals surface area contributed by atoms with Crippen LogP contribution in [0, 0.1) is 11.8 Å². The van der Waals surface area contributed by atoms with E-state index >= 15 is 0 Å². The Kier molecular flexibility index (Phi) is 4.50. The topological polar surface area (TPSA) is 58.4 Å². The number of carbonyl (C=O) groups is 1. The molecule has 0 amide bonds. The summed E-state index contributed by atoms with van der Waals surface area (Å²) in [5.41, 5.74) is 2.18. The van der Waals surface area contributed by atoms with Gasteiger partial charge in [0.2, 0.25) is 0 Å². The Morgan fingerprint density at radius 1 is 1.24 bits per heavy atom. The van der Waals surface area contributed by atoms with Gasteiger partial charge in [0.15, 0.2) is 0 Å². The number of aryl methyl sites for hydroxylation is 1. The van der Waals surface area contributed by atoms with Crippen LogP contribution in [0.1, 0.15) is 37.9 Å². The van der Waals surface area contributed by atoms with Gasteiger partial charge in [0.05, 0.1) is 11.0 Å². The maximum Gasteiger partial charge on any atom is 0.303 e. The second kappa shape index (κ2) is 6.79. The summed E-state index contributed by atoms with van der Waals surface area (Å²) >= 11 is 0. The van der Waals surface area contributed by atoms with E-state index in [1.54, 1.807) is 0 Å². The third kappa shape index (κ3) is 3.30. The normalized spacial score (nSPS) is 25.2. The number of aliphatic carboxylic acids is 1. The lowest BCUT2D eigenvalue weighted by Crippen LogP contribution is -2.49. The molecule has 134 valence electrons. The van der Waals surface area contributed by atoms with Crippen LogP contribution in [0.4, 0.5) is 0 Å². The molecule has 25 heavy (non-hydrogen) atoms. The number of piperidine rings is 1. The lowest BCUT2D eigenvalue weighted by atomic mass is 9.79. The van der Waals surface area contributed by atoms with Gasteiger partial charge in [-0.3, -0.25) is 4.79 Å². The summed E-state index contributed by atoms with van der Waals surface area (Å²) in [6, 6.07) is 8.94. The Hall–Kier alpha value is -1.88.